The molecule has 0 atom stereocenters. The van der Waals surface area contributed by atoms with Crippen molar-refractivity contribution in [1.82, 2.24) is 4.57 Å². The van der Waals surface area contributed by atoms with Gasteiger partial charge in [-0.1, -0.05) is 30.3 Å². The molecule has 0 aliphatic rings. The number of carbonyl (C=O) groups is 1. The number of rotatable bonds is 8. The van der Waals surface area contributed by atoms with E-state index in [4.69, 9.17) is 9.47 Å². The van der Waals surface area contributed by atoms with Crippen LogP contribution in [0.4, 0.5) is 5.69 Å². The van der Waals surface area contributed by atoms with Crippen molar-refractivity contribution in [3.05, 3.63) is 87.2 Å². The summed E-state index contributed by atoms with van der Waals surface area (Å²) >= 11 is 0. The number of ketones is 1. The van der Waals surface area contributed by atoms with Gasteiger partial charge in [0.15, 0.2) is 18.1 Å². The van der Waals surface area contributed by atoms with Gasteiger partial charge in [0, 0.05) is 29.6 Å². The number of non-ortho nitro benzene ring substituents is 1. The maximum absolute atomic E-state index is 12.7. The van der Waals surface area contributed by atoms with Gasteiger partial charge in [0.1, 0.15) is 0 Å². The number of Topliss-reactive ketones (excluding diaryl/α,β-unsaturated/α-hetero) is 1. The quantitative estimate of drug-likeness (QED) is 0.323. The lowest BCUT2D eigenvalue weighted by Crippen LogP contribution is -2.13. The zero-order valence-corrected chi connectivity index (χ0v) is 16.5. The van der Waals surface area contributed by atoms with Gasteiger partial charge in [0.2, 0.25) is 5.78 Å². The first kappa shape index (κ1) is 20.1. The first-order valence-corrected chi connectivity index (χ1v) is 9.09. The summed E-state index contributed by atoms with van der Waals surface area (Å²) in [5.41, 5.74) is 3.50. The van der Waals surface area contributed by atoms with Gasteiger partial charge in [-0.3, -0.25) is 14.9 Å². The molecule has 0 amide bonds. The fourth-order valence-electron chi connectivity index (χ4n) is 3.20. The molecule has 0 saturated heterocycles. The van der Waals surface area contributed by atoms with E-state index < -0.39 is 4.92 Å². The molecule has 1 aromatic heterocycles. The molecule has 1 heterocycles. The van der Waals surface area contributed by atoms with E-state index in [2.05, 4.69) is 4.57 Å². The summed E-state index contributed by atoms with van der Waals surface area (Å²) < 4.78 is 12.8. The van der Waals surface area contributed by atoms with E-state index in [0.29, 0.717) is 12.1 Å². The predicted octanol–water partition coefficient (Wildman–Crippen LogP) is 4.33. The zero-order chi connectivity index (χ0) is 21.0. The fraction of sp³-hybridized carbons (Fsp3) is 0.227. The van der Waals surface area contributed by atoms with E-state index >= 15 is 0 Å². The molecule has 0 saturated carbocycles. The summed E-state index contributed by atoms with van der Waals surface area (Å²) in [6, 6.07) is 15.9. The lowest BCUT2D eigenvalue weighted by atomic mass is 10.1. The summed E-state index contributed by atoms with van der Waals surface area (Å²) in [5, 5.41) is 10.9. The van der Waals surface area contributed by atoms with E-state index in [-0.39, 0.29) is 29.6 Å². The van der Waals surface area contributed by atoms with Crippen LogP contribution >= 0.6 is 0 Å². The summed E-state index contributed by atoms with van der Waals surface area (Å²) in [6.45, 7) is 4.37. The molecule has 2 aromatic carbocycles. The lowest BCUT2D eigenvalue weighted by Gasteiger charge is -2.11. The monoisotopic (exact) mass is 394 g/mol. The Bertz CT molecular complexity index is 1040. The second-order valence-corrected chi connectivity index (χ2v) is 6.66. The second kappa shape index (κ2) is 8.60. The van der Waals surface area contributed by atoms with E-state index in [1.54, 1.807) is 0 Å². The van der Waals surface area contributed by atoms with Gasteiger partial charge >= 0.3 is 0 Å². The average molecular weight is 394 g/mol. The SMILES string of the molecule is COc1cc([N+](=O)[O-])ccc1OCC(=O)c1cc(C)n(Cc2ccccc2)c1C. The van der Waals surface area contributed by atoms with Crippen LogP contribution in [0.5, 0.6) is 11.5 Å². The Morgan fingerprint density at radius 1 is 1.07 bits per heavy atom. The molecule has 3 aromatic rings. The number of methoxy groups -OCH3 is 1. The van der Waals surface area contributed by atoms with Gasteiger partial charge < -0.3 is 14.0 Å². The molecular weight excluding hydrogens is 372 g/mol. The number of ether oxygens (including phenoxy) is 2. The highest BCUT2D eigenvalue weighted by molar-refractivity contribution is 5.98. The molecule has 7 nitrogen and oxygen atoms in total. The van der Waals surface area contributed by atoms with Crippen molar-refractivity contribution in [2.75, 3.05) is 13.7 Å². The maximum atomic E-state index is 12.7. The minimum Gasteiger partial charge on any atom is -0.493 e. The van der Waals surface area contributed by atoms with Gasteiger partial charge in [0.05, 0.1) is 18.1 Å². The maximum Gasteiger partial charge on any atom is 0.273 e. The summed E-state index contributed by atoms with van der Waals surface area (Å²) in [4.78, 5) is 23.1. The van der Waals surface area contributed by atoms with Crippen LogP contribution in [-0.2, 0) is 6.54 Å². The van der Waals surface area contributed by atoms with Gasteiger partial charge in [-0.05, 0) is 31.5 Å². The van der Waals surface area contributed by atoms with Crippen LogP contribution in [0, 0.1) is 24.0 Å². The van der Waals surface area contributed by atoms with Crippen molar-refractivity contribution in [3.8, 4) is 11.5 Å². The van der Waals surface area contributed by atoms with E-state index in [1.165, 1.54) is 25.3 Å². The van der Waals surface area contributed by atoms with Crippen LogP contribution in [0.3, 0.4) is 0 Å². The number of carbonyl (C=O) groups excluding carboxylic acids is 1. The number of aryl methyl sites for hydroxylation is 1. The molecule has 150 valence electrons. The minimum atomic E-state index is -0.515. The van der Waals surface area contributed by atoms with Crippen LogP contribution in [0.25, 0.3) is 0 Å². The Balaban J connectivity index is 1.75. The third kappa shape index (κ3) is 4.45. The Hall–Kier alpha value is -3.61. The van der Waals surface area contributed by atoms with Crippen molar-refractivity contribution < 1.29 is 19.2 Å². The number of nitro groups is 1. The van der Waals surface area contributed by atoms with E-state index in [1.807, 2.05) is 50.2 Å². The summed E-state index contributed by atoms with van der Waals surface area (Å²) in [6.07, 6.45) is 0. The number of benzene rings is 2. The van der Waals surface area contributed by atoms with E-state index in [0.717, 1.165) is 17.0 Å². The van der Waals surface area contributed by atoms with Crippen LogP contribution < -0.4 is 9.47 Å². The Morgan fingerprint density at radius 2 is 1.79 bits per heavy atom. The van der Waals surface area contributed by atoms with Crippen LogP contribution in [-0.4, -0.2) is 29.0 Å². The molecule has 0 N–H and O–H groups in total. The van der Waals surface area contributed by atoms with Gasteiger partial charge in [-0.2, -0.15) is 0 Å². The van der Waals surface area contributed by atoms with Crippen LogP contribution in [0.2, 0.25) is 0 Å². The van der Waals surface area contributed by atoms with Gasteiger partial charge in [-0.15, -0.1) is 0 Å². The largest absolute Gasteiger partial charge is 0.493 e. The number of aromatic nitrogens is 1. The predicted molar refractivity (Wildman–Crippen MR) is 109 cm³/mol. The van der Waals surface area contributed by atoms with Crippen molar-refractivity contribution in [3.63, 3.8) is 0 Å². The highest BCUT2D eigenvalue weighted by atomic mass is 16.6. The first-order chi connectivity index (χ1) is 13.9. The number of nitro benzene ring substituents is 1. The molecule has 0 fully saturated rings. The normalized spacial score (nSPS) is 10.6. The molecule has 3 rings (SSSR count). The highest BCUT2D eigenvalue weighted by Gasteiger charge is 2.18. The van der Waals surface area contributed by atoms with Gasteiger partial charge in [0.25, 0.3) is 5.69 Å². The zero-order valence-electron chi connectivity index (χ0n) is 16.5. The molecule has 0 aliphatic carbocycles. The molecule has 7 heteroatoms. The standard InChI is InChI=1S/C22H22N2O5/c1-15-11-19(16(2)23(15)13-17-7-5-4-6-8-17)20(25)14-29-21-10-9-18(24(26)27)12-22(21)28-3/h4-12H,13-14H2,1-3H3. The molecule has 29 heavy (non-hydrogen) atoms. The minimum absolute atomic E-state index is 0.106. The number of hydrogen-bond acceptors (Lipinski definition) is 5. The van der Waals surface area contributed by atoms with E-state index in [9.17, 15) is 14.9 Å². The smallest absolute Gasteiger partial charge is 0.273 e. The Morgan fingerprint density at radius 3 is 2.45 bits per heavy atom. The van der Waals surface area contributed by atoms with Gasteiger partial charge in [-0.25, -0.2) is 0 Å². The third-order valence-electron chi connectivity index (χ3n) is 4.77. The second-order valence-electron chi connectivity index (χ2n) is 6.66. The molecule has 0 aliphatic heterocycles. The summed E-state index contributed by atoms with van der Waals surface area (Å²) in [7, 11) is 1.39. The third-order valence-corrected chi connectivity index (χ3v) is 4.77. The Kier molecular flexibility index (Phi) is 5.97. The molecule has 0 unspecified atom stereocenters. The molecular formula is C22H22N2O5. The average Bonchev–Trinajstić information content (AvgIpc) is 3.01. The molecule has 0 bridgehead atoms. The van der Waals surface area contributed by atoms with Crippen LogP contribution in [0.1, 0.15) is 27.3 Å². The number of hydrogen-bond donors (Lipinski definition) is 0. The van der Waals surface area contributed by atoms with Crippen molar-refractivity contribution in [1.29, 1.82) is 0 Å². The highest BCUT2D eigenvalue weighted by Crippen LogP contribution is 2.31. The molecule has 0 spiro atoms. The summed E-state index contributed by atoms with van der Waals surface area (Å²) in [5.74, 6) is 0.323. The number of nitrogens with zero attached hydrogens (tertiary/aromatic N) is 2. The van der Waals surface area contributed by atoms with Crippen molar-refractivity contribution in [2.24, 2.45) is 0 Å². The molecule has 0 radical (unpaired) electrons. The fourth-order valence-corrected chi connectivity index (χ4v) is 3.20. The lowest BCUT2D eigenvalue weighted by molar-refractivity contribution is -0.384. The topological polar surface area (TPSA) is 83.6 Å². The first-order valence-electron chi connectivity index (χ1n) is 9.09. The Labute approximate surface area is 168 Å². The van der Waals surface area contributed by atoms with Crippen LogP contribution in [0.15, 0.2) is 54.6 Å². The van der Waals surface area contributed by atoms with Crippen molar-refractivity contribution in [2.45, 2.75) is 20.4 Å². The van der Waals surface area contributed by atoms with Crippen molar-refractivity contribution >= 4 is 11.5 Å².